The normalized spacial score (nSPS) is 19.3. The van der Waals surface area contributed by atoms with Crippen molar-refractivity contribution in [3.8, 4) is 0 Å². The molecule has 1 rings (SSSR count). The van der Waals surface area contributed by atoms with Crippen LogP contribution in [0.3, 0.4) is 0 Å². The van der Waals surface area contributed by atoms with E-state index in [9.17, 15) is 4.79 Å². The smallest absolute Gasteiger partial charge is 0.317 e. The van der Waals surface area contributed by atoms with Crippen LogP contribution in [0.5, 0.6) is 0 Å². The number of hydrogen-bond acceptors (Lipinski definition) is 2. The number of nitrogens with zero attached hydrogens (tertiary/aromatic N) is 1. The molecular formula is C14H26N2O2. The Balaban J connectivity index is 2.41. The minimum atomic E-state index is -0.0892. The zero-order valence-corrected chi connectivity index (χ0v) is 11.6. The van der Waals surface area contributed by atoms with Gasteiger partial charge in [0.05, 0.1) is 6.61 Å². The number of rotatable bonds is 5. The topological polar surface area (TPSA) is 52.6 Å². The highest BCUT2D eigenvalue weighted by Gasteiger charge is 2.28. The molecule has 2 N–H and O–H groups in total. The van der Waals surface area contributed by atoms with Gasteiger partial charge in [-0.25, -0.2) is 4.79 Å². The Labute approximate surface area is 110 Å². The molecule has 0 atom stereocenters. The Morgan fingerprint density at radius 1 is 1.50 bits per heavy atom. The van der Waals surface area contributed by atoms with E-state index in [1.54, 1.807) is 11.0 Å². The summed E-state index contributed by atoms with van der Waals surface area (Å²) in [6.07, 6.45) is 6.07. The Hall–Kier alpha value is -1.03. The fourth-order valence-corrected chi connectivity index (χ4v) is 2.36. The molecule has 2 amide bonds. The average molecular weight is 254 g/mol. The maximum Gasteiger partial charge on any atom is 0.317 e. The van der Waals surface area contributed by atoms with Gasteiger partial charge in [-0.3, -0.25) is 0 Å². The van der Waals surface area contributed by atoms with Gasteiger partial charge in [-0.05, 0) is 31.1 Å². The van der Waals surface area contributed by atoms with Crippen LogP contribution < -0.4 is 5.32 Å². The van der Waals surface area contributed by atoms with Crippen LogP contribution in [0.15, 0.2) is 12.7 Å². The van der Waals surface area contributed by atoms with Gasteiger partial charge in [0.15, 0.2) is 0 Å². The average Bonchev–Trinajstić information content (AvgIpc) is 2.31. The molecule has 1 saturated carbocycles. The number of nitrogens with one attached hydrogen (secondary N) is 1. The zero-order chi connectivity index (χ0) is 13.6. The van der Waals surface area contributed by atoms with Crippen molar-refractivity contribution < 1.29 is 9.90 Å². The Morgan fingerprint density at radius 2 is 2.11 bits per heavy atom. The summed E-state index contributed by atoms with van der Waals surface area (Å²) in [4.78, 5) is 13.6. The first-order valence-electron chi connectivity index (χ1n) is 6.76. The number of carbonyl (C=O) groups is 1. The van der Waals surface area contributed by atoms with E-state index in [2.05, 4.69) is 25.7 Å². The van der Waals surface area contributed by atoms with Gasteiger partial charge in [0.25, 0.3) is 0 Å². The predicted octanol–water partition coefficient (Wildman–Crippen LogP) is 2.15. The third-order valence-corrected chi connectivity index (χ3v) is 3.67. The third kappa shape index (κ3) is 4.69. The van der Waals surface area contributed by atoms with Gasteiger partial charge in [0.1, 0.15) is 0 Å². The van der Waals surface area contributed by atoms with Crippen molar-refractivity contribution in [2.45, 2.75) is 45.6 Å². The molecule has 0 aromatic rings. The van der Waals surface area contributed by atoms with Crippen LogP contribution in [0.4, 0.5) is 4.79 Å². The van der Waals surface area contributed by atoms with E-state index >= 15 is 0 Å². The van der Waals surface area contributed by atoms with Gasteiger partial charge >= 0.3 is 6.03 Å². The van der Waals surface area contributed by atoms with Crippen LogP contribution in [0.25, 0.3) is 0 Å². The molecule has 18 heavy (non-hydrogen) atoms. The van der Waals surface area contributed by atoms with Crippen LogP contribution in [-0.2, 0) is 0 Å². The van der Waals surface area contributed by atoms with E-state index in [0.717, 1.165) is 25.7 Å². The van der Waals surface area contributed by atoms with Crippen molar-refractivity contribution >= 4 is 6.03 Å². The molecule has 0 saturated heterocycles. The summed E-state index contributed by atoms with van der Waals surface area (Å²) in [5.74, 6) is 0. The molecule has 0 spiro atoms. The second-order valence-electron chi connectivity index (χ2n) is 5.85. The summed E-state index contributed by atoms with van der Waals surface area (Å²) in [7, 11) is 0. The molecular weight excluding hydrogens is 228 g/mol. The zero-order valence-electron chi connectivity index (χ0n) is 11.6. The van der Waals surface area contributed by atoms with Crippen molar-refractivity contribution in [3.05, 3.63) is 12.7 Å². The molecule has 4 nitrogen and oxygen atoms in total. The second kappa shape index (κ2) is 6.78. The van der Waals surface area contributed by atoms with E-state index in [-0.39, 0.29) is 18.7 Å². The summed E-state index contributed by atoms with van der Waals surface area (Å²) in [5.41, 5.74) is 0.410. The van der Waals surface area contributed by atoms with Gasteiger partial charge < -0.3 is 15.3 Å². The lowest BCUT2D eigenvalue weighted by Gasteiger charge is -2.35. The van der Waals surface area contributed by atoms with Crippen molar-refractivity contribution in [2.24, 2.45) is 5.41 Å². The minimum absolute atomic E-state index is 0.0149. The van der Waals surface area contributed by atoms with Gasteiger partial charge in [-0.15, -0.1) is 6.58 Å². The molecule has 1 fully saturated rings. The number of amides is 2. The summed E-state index contributed by atoms with van der Waals surface area (Å²) >= 11 is 0. The van der Waals surface area contributed by atoms with Crippen LogP contribution in [0.2, 0.25) is 0 Å². The van der Waals surface area contributed by atoms with E-state index in [0.29, 0.717) is 18.5 Å². The molecule has 4 heteroatoms. The summed E-state index contributed by atoms with van der Waals surface area (Å²) in [5, 5.41) is 12.0. The Morgan fingerprint density at radius 3 is 2.61 bits per heavy atom. The fourth-order valence-electron chi connectivity index (χ4n) is 2.36. The highest BCUT2D eigenvalue weighted by molar-refractivity contribution is 5.74. The van der Waals surface area contributed by atoms with Gasteiger partial charge in [0.2, 0.25) is 0 Å². The number of aliphatic hydroxyl groups is 1. The lowest BCUT2D eigenvalue weighted by molar-refractivity contribution is 0.166. The highest BCUT2D eigenvalue weighted by atomic mass is 16.3. The van der Waals surface area contributed by atoms with Crippen molar-refractivity contribution in [2.75, 3.05) is 19.7 Å². The van der Waals surface area contributed by atoms with E-state index in [1.165, 1.54) is 0 Å². The third-order valence-electron chi connectivity index (χ3n) is 3.67. The number of hydrogen-bond donors (Lipinski definition) is 2. The lowest BCUT2D eigenvalue weighted by Crippen LogP contribution is -2.47. The molecule has 0 heterocycles. The van der Waals surface area contributed by atoms with Gasteiger partial charge in [-0.2, -0.15) is 0 Å². The van der Waals surface area contributed by atoms with E-state index in [4.69, 9.17) is 5.11 Å². The summed E-state index contributed by atoms with van der Waals surface area (Å²) in [6.45, 7) is 9.00. The molecule has 0 aliphatic heterocycles. The quantitative estimate of drug-likeness (QED) is 0.739. The fraction of sp³-hybridized carbons (Fsp3) is 0.786. The lowest BCUT2D eigenvalue weighted by atomic mass is 9.75. The van der Waals surface area contributed by atoms with Crippen LogP contribution in [0.1, 0.15) is 39.5 Å². The predicted molar refractivity (Wildman–Crippen MR) is 73.4 cm³/mol. The molecule has 104 valence electrons. The summed E-state index contributed by atoms with van der Waals surface area (Å²) < 4.78 is 0. The van der Waals surface area contributed by atoms with Gasteiger partial charge in [0, 0.05) is 19.1 Å². The Kier molecular flexibility index (Phi) is 5.66. The monoisotopic (exact) mass is 254 g/mol. The number of urea groups is 1. The molecule has 0 aromatic heterocycles. The SMILES string of the molecule is C=CCN(CCO)C(=O)NC1CCC(C)(C)CC1. The standard InChI is InChI=1S/C14H26N2O2/c1-4-9-16(10-11-17)13(18)15-12-5-7-14(2,3)8-6-12/h4,12,17H,1,5-11H2,2-3H3,(H,15,18). The highest BCUT2D eigenvalue weighted by Crippen LogP contribution is 2.34. The number of aliphatic hydroxyl groups excluding tert-OH is 1. The largest absolute Gasteiger partial charge is 0.395 e. The maximum atomic E-state index is 12.0. The molecule has 1 aliphatic rings. The molecule has 0 aromatic carbocycles. The molecule has 0 bridgehead atoms. The van der Waals surface area contributed by atoms with Gasteiger partial charge in [-0.1, -0.05) is 19.9 Å². The second-order valence-corrected chi connectivity index (χ2v) is 5.85. The summed E-state index contributed by atoms with van der Waals surface area (Å²) in [6, 6.07) is 0.185. The molecule has 0 unspecified atom stereocenters. The Bertz CT molecular complexity index is 280. The molecule has 1 aliphatic carbocycles. The maximum absolute atomic E-state index is 12.0. The first kappa shape index (κ1) is 15.0. The van der Waals surface area contributed by atoms with E-state index < -0.39 is 0 Å². The minimum Gasteiger partial charge on any atom is -0.395 e. The molecule has 0 radical (unpaired) electrons. The first-order chi connectivity index (χ1) is 8.48. The van der Waals surface area contributed by atoms with E-state index in [1.807, 2.05) is 0 Å². The van der Waals surface area contributed by atoms with Crippen LogP contribution in [-0.4, -0.2) is 41.8 Å². The van der Waals surface area contributed by atoms with Crippen molar-refractivity contribution in [3.63, 3.8) is 0 Å². The van der Waals surface area contributed by atoms with Crippen molar-refractivity contribution in [1.29, 1.82) is 0 Å². The van der Waals surface area contributed by atoms with Crippen LogP contribution in [0, 0.1) is 5.41 Å². The number of carbonyl (C=O) groups excluding carboxylic acids is 1. The van der Waals surface area contributed by atoms with Crippen LogP contribution >= 0.6 is 0 Å². The van der Waals surface area contributed by atoms with Crippen molar-refractivity contribution in [1.82, 2.24) is 10.2 Å². The first-order valence-corrected chi connectivity index (χ1v) is 6.76.